The Hall–Kier alpha value is -1.06. The van der Waals surface area contributed by atoms with Crippen LogP contribution in [0.15, 0.2) is 24.3 Å². The van der Waals surface area contributed by atoms with Crippen LogP contribution in [-0.2, 0) is 10.3 Å². The molecule has 1 aromatic rings. The van der Waals surface area contributed by atoms with E-state index in [1.165, 1.54) is 31.2 Å². The molecule has 1 N–H and O–H groups in total. The Kier molecular flexibility index (Phi) is 2.83. The van der Waals surface area contributed by atoms with Gasteiger partial charge >= 0.3 is 0 Å². The monoisotopic (exact) mass is 273 g/mol. The third-order valence-electron chi connectivity index (χ3n) is 5.38. The van der Waals surface area contributed by atoms with Crippen molar-refractivity contribution in [2.45, 2.75) is 43.8 Å². The van der Waals surface area contributed by atoms with Crippen LogP contribution in [0, 0.1) is 5.92 Å². The molecular weight excluding hydrogens is 250 g/mol. The van der Waals surface area contributed by atoms with Gasteiger partial charge in [0.05, 0.1) is 12.2 Å². The Morgan fingerprint density at radius 3 is 2.80 bits per heavy atom. The molecule has 1 aromatic carbocycles. The van der Waals surface area contributed by atoms with Crippen molar-refractivity contribution in [2.24, 2.45) is 5.92 Å². The molecule has 108 valence electrons. The van der Waals surface area contributed by atoms with Gasteiger partial charge in [-0.05, 0) is 18.9 Å². The summed E-state index contributed by atoms with van der Waals surface area (Å²) in [4.78, 5) is 0. The molecular formula is C17H23NO2. The fraction of sp³-hybridized carbons (Fsp3) is 0.647. The standard InChI is InChI=1S/C17H23NO2/c1-13-10-19-15-7-3-2-6-14(15)17(13)12-18-11-16(20-17)8-4-5-9-16/h2-3,6-7,13,18H,4-5,8-12H2,1H3. The Morgan fingerprint density at radius 1 is 1.15 bits per heavy atom. The predicted molar refractivity (Wildman–Crippen MR) is 77.9 cm³/mol. The van der Waals surface area contributed by atoms with Gasteiger partial charge in [0.1, 0.15) is 11.4 Å². The smallest absolute Gasteiger partial charge is 0.125 e. The highest BCUT2D eigenvalue weighted by molar-refractivity contribution is 5.41. The Labute approximate surface area is 120 Å². The van der Waals surface area contributed by atoms with E-state index in [9.17, 15) is 0 Å². The van der Waals surface area contributed by atoms with Crippen molar-refractivity contribution in [2.75, 3.05) is 19.7 Å². The van der Waals surface area contributed by atoms with Gasteiger partial charge in [-0.2, -0.15) is 0 Å². The first-order chi connectivity index (χ1) is 9.74. The number of ether oxygens (including phenoxy) is 2. The summed E-state index contributed by atoms with van der Waals surface area (Å²) in [7, 11) is 0. The highest BCUT2D eigenvalue weighted by atomic mass is 16.5. The maximum atomic E-state index is 6.86. The van der Waals surface area contributed by atoms with E-state index in [1.54, 1.807) is 0 Å². The van der Waals surface area contributed by atoms with Crippen LogP contribution in [0.4, 0.5) is 0 Å². The van der Waals surface area contributed by atoms with Gasteiger partial charge in [0.25, 0.3) is 0 Å². The highest BCUT2D eigenvalue weighted by Crippen LogP contribution is 2.49. The number of hydrogen-bond acceptors (Lipinski definition) is 3. The lowest BCUT2D eigenvalue weighted by Crippen LogP contribution is -2.62. The van der Waals surface area contributed by atoms with Crippen molar-refractivity contribution in [3.63, 3.8) is 0 Å². The molecule has 3 heteroatoms. The third-order valence-corrected chi connectivity index (χ3v) is 5.38. The highest BCUT2D eigenvalue weighted by Gasteiger charge is 2.53. The van der Waals surface area contributed by atoms with Gasteiger partial charge in [-0.25, -0.2) is 0 Å². The van der Waals surface area contributed by atoms with Gasteiger partial charge in [-0.15, -0.1) is 0 Å². The number of hydrogen-bond donors (Lipinski definition) is 1. The first kappa shape index (κ1) is 12.7. The lowest BCUT2D eigenvalue weighted by Gasteiger charge is -2.52. The lowest BCUT2D eigenvalue weighted by atomic mass is 9.77. The minimum Gasteiger partial charge on any atom is -0.493 e. The summed E-state index contributed by atoms with van der Waals surface area (Å²) in [5, 5.41) is 3.67. The zero-order chi connectivity index (χ0) is 13.6. The van der Waals surface area contributed by atoms with Crippen LogP contribution in [-0.4, -0.2) is 25.3 Å². The van der Waals surface area contributed by atoms with Crippen molar-refractivity contribution >= 4 is 0 Å². The molecule has 2 spiro atoms. The molecule has 2 unspecified atom stereocenters. The maximum absolute atomic E-state index is 6.86. The molecule has 0 bridgehead atoms. The molecule has 2 fully saturated rings. The number of fused-ring (bicyclic) bond motifs is 2. The molecule has 3 aliphatic rings. The van der Waals surface area contributed by atoms with Gasteiger partial charge in [0.15, 0.2) is 0 Å². The zero-order valence-electron chi connectivity index (χ0n) is 12.2. The van der Waals surface area contributed by atoms with Gasteiger partial charge in [-0.1, -0.05) is 38.0 Å². The quantitative estimate of drug-likeness (QED) is 0.788. The Morgan fingerprint density at radius 2 is 1.95 bits per heavy atom. The molecule has 2 atom stereocenters. The maximum Gasteiger partial charge on any atom is 0.125 e. The van der Waals surface area contributed by atoms with Crippen molar-refractivity contribution in [3.8, 4) is 5.75 Å². The molecule has 2 aliphatic heterocycles. The topological polar surface area (TPSA) is 30.5 Å². The Balaban J connectivity index is 1.78. The van der Waals surface area contributed by atoms with Crippen molar-refractivity contribution in [1.82, 2.24) is 5.32 Å². The van der Waals surface area contributed by atoms with Gasteiger partial charge in [-0.3, -0.25) is 0 Å². The summed E-state index contributed by atoms with van der Waals surface area (Å²) in [6.45, 7) is 4.90. The summed E-state index contributed by atoms with van der Waals surface area (Å²) >= 11 is 0. The summed E-state index contributed by atoms with van der Waals surface area (Å²) in [6, 6.07) is 8.40. The second-order valence-electron chi connectivity index (χ2n) is 6.69. The first-order valence-electron chi connectivity index (χ1n) is 7.87. The van der Waals surface area contributed by atoms with E-state index in [4.69, 9.17) is 9.47 Å². The van der Waals surface area contributed by atoms with Crippen LogP contribution in [0.1, 0.15) is 38.2 Å². The zero-order valence-corrected chi connectivity index (χ0v) is 12.2. The normalized spacial score (nSPS) is 35.0. The van der Waals surface area contributed by atoms with Gasteiger partial charge in [0.2, 0.25) is 0 Å². The van der Waals surface area contributed by atoms with Crippen LogP contribution in [0.2, 0.25) is 0 Å². The first-order valence-corrected chi connectivity index (χ1v) is 7.87. The fourth-order valence-electron chi connectivity index (χ4n) is 4.21. The van der Waals surface area contributed by atoms with Crippen LogP contribution in [0.25, 0.3) is 0 Å². The molecule has 0 amide bonds. The largest absolute Gasteiger partial charge is 0.493 e. The second-order valence-corrected chi connectivity index (χ2v) is 6.69. The third kappa shape index (κ3) is 1.73. The minimum absolute atomic E-state index is 0.0525. The number of benzene rings is 1. The predicted octanol–water partition coefficient (Wildman–Crippen LogP) is 2.84. The van der Waals surface area contributed by atoms with E-state index in [-0.39, 0.29) is 11.2 Å². The van der Waals surface area contributed by atoms with Crippen molar-refractivity contribution in [3.05, 3.63) is 29.8 Å². The number of rotatable bonds is 0. The van der Waals surface area contributed by atoms with Crippen molar-refractivity contribution < 1.29 is 9.47 Å². The van der Waals surface area contributed by atoms with E-state index in [1.807, 2.05) is 6.07 Å². The number of para-hydroxylation sites is 1. The summed E-state index contributed by atoms with van der Waals surface area (Å²) in [5.41, 5.74) is 1.08. The van der Waals surface area contributed by atoms with Crippen LogP contribution in [0.5, 0.6) is 5.75 Å². The molecule has 3 nitrogen and oxygen atoms in total. The summed E-state index contributed by atoms with van der Waals surface area (Å²) in [6.07, 6.45) is 4.98. The van der Waals surface area contributed by atoms with Gasteiger partial charge < -0.3 is 14.8 Å². The molecule has 0 radical (unpaired) electrons. The van der Waals surface area contributed by atoms with Crippen LogP contribution in [0.3, 0.4) is 0 Å². The molecule has 20 heavy (non-hydrogen) atoms. The van der Waals surface area contributed by atoms with Crippen LogP contribution >= 0.6 is 0 Å². The fourth-order valence-corrected chi connectivity index (χ4v) is 4.21. The average molecular weight is 273 g/mol. The van der Waals surface area contributed by atoms with Crippen molar-refractivity contribution in [1.29, 1.82) is 0 Å². The molecule has 0 aromatic heterocycles. The van der Waals surface area contributed by atoms with E-state index in [0.29, 0.717) is 5.92 Å². The Bertz CT molecular complexity index is 509. The van der Waals surface area contributed by atoms with E-state index >= 15 is 0 Å². The molecule has 4 rings (SSSR count). The molecule has 1 aliphatic carbocycles. The minimum atomic E-state index is -0.211. The molecule has 1 saturated heterocycles. The summed E-state index contributed by atoms with van der Waals surface area (Å²) < 4.78 is 12.8. The van der Waals surface area contributed by atoms with Gasteiger partial charge in [0, 0.05) is 24.6 Å². The van der Waals surface area contributed by atoms with E-state index < -0.39 is 0 Å². The number of nitrogens with one attached hydrogen (secondary N) is 1. The molecule has 1 saturated carbocycles. The number of morpholine rings is 1. The molecule has 2 heterocycles. The second kappa shape index (κ2) is 4.47. The summed E-state index contributed by atoms with van der Waals surface area (Å²) in [5.74, 6) is 1.38. The van der Waals surface area contributed by atoms with E-state index in [0.717, 1.165) is 25.4 Å². The SMILES string of the molecule is CC1COc2ccccc2C12CNCC1(CCCC1)O2. The average Bonchev–Trinajstić information content (AvgIpc) is 2.91. The lowest BCUT2D eigenvalue weighted by molar-refractivity contribution is -0.214. The van der Waals surface area contributed by atoms with E-state index in [2.05, 4.69) is 30.4 Å². The van der Waals surface area contributed by atoms with Crippen LogP contribution < -0.4 is 10.1 Å².